The molecule has 0 unspecified atom stereocenters. The zero-order valence-electron chi connectivity index (χ0n) is 12.5. The molecule has 0 aromatic carbocycles. The minimum atomic E-state index is -3.81. The third-order valence-electron chi connectivity index (χ3n) is 2.82. The fourth-order valence-corrected chi connectivity index (χ4v) is 3.44. The van der Waals surface area contributed by atoms with Gasteiger partial charge in [0.1, 0.15) is 4.90 Å². The molecule has 0 aliphatic carbocycles. The number of aliphatic hydroxyl groups is 1. The second-order valence-corrected chi connectivity index (χ2v) is 7.21. The van der Waals surface area contributed by atoms with E-state index in [9.17, 15) is 18.3 Å². The van der Waals surface area contributed by atoms with Crippen LogP contribution in [0, 0.1) is 13.8 Å². The van der Waals surface area contributed by atoms with Crippen molar-refractivity contribution in [2.24, 2.45) is 0 Å². The molecule has 1 aromatic heterocycles. The van der Waals surface area contributed by atoms with Crippen LogP contribution >= 0.6 is 0 Å². The monoisotopic (exact) mass is 319 g/mol. The van der Waals surface area contributed by atoms with E-state index in [1.165, 1.54) is 18.5 Å². The minimum Gasteiger partial charge on any atom is -0.481 e. The van der Waals surface area contributed by atoms with Crippen LogP contribution in [0.2, 0.25) is 0 Å². The van der Waals surface area contributed by atoms with Crippen molar-refractivity contribution in [3.63, 3.8) is 0 Å². The van der Waals surface area contributed by atoms with Gasteiger partial charge >= 0.3 is 5.97 Å². The maximum Gasteiger partial charge on any atom is 0.305 e. The van der Waals surface area contributed by atoms with Crippen molar-refractivity contribution in [1.29, 1.82) is 0 Å². The van der Waals surface area contributed by atoms with Crippen molar-refractivity contribution < 1.29 is 23.4 Å². The van der Waals surface area contributed by atoms with Crippen LogP contribution in [-0.4, -0.2) is 46.5 Å². The summed E-state index contributed by atoms with van der Waals surface area (Å²) < 4.78 is 28.3. The Kier molecular flexibility index (Phi) is 5.13. The van der Waals surface area contributed by atoms with Crippen molar-refractivity contribution in [1.82, 2.24) is 14.5 Å². The predicted molar refractivity (Wildman–Crippen MR) is 75.4 cm³/mol. The average molecular weight is 319 g/mol. The molecule has 0 atom stereocenters. The standard InChI is InChI=1S/C12H21N3O5S/c1-8-11(21(19,20)13-7-12(3,4)18)9(2)15(14-8)6-5-10(16)17/h13,18H,5-7H2,1-4H3,(H,16,17). The summed E-state index contributed by atoms with van der Waals surface area (Å²) in [7, 11) is -3.81. The summed E-state index contributed by atoms with van der Waals surface area (Å²) in [6.07, 6.45) is -0.140. The second-order valence-electron chi connectivity index (χ2n) is 5.50. The number of nitrogens with one attached hydrogen (secondary N) is 1. The van der Waals surface area contributed by atoms with Crippen LogP contribution in [-0.2, 0) is 21.4 Å². The quantitative estimate of drug-likeness (QED) is 0.651. The maximum atomic E-state index is 12.3. The van der Waals surface area contributed by atoms with Crippen LogP contribution in [0.5, 0.6) is 0 Å². The molecule has 0 bridgehead atoms. The zero-order chi connectivity index (χ0) is 16.4. The second kappa shape index (κ2) is 6.12. The highest BCUT2D eigenvalue weighted by Crippen LogP contribution is 2.19. The first-order valence-electron chi connectivity index (χ1n) is 6.42. The highest BCUT2D eigenvalue weighted by atomic mass is 32.2. The van der Waals surface area contributed by atoms with Crippen molar-refractivity contribution in [2.45, 2.75) is 51.2 Å². The number of aliphatic carboxylic acids is 1. The molecular formula is C12H21N3O5S. The largest absolute Gasteiger partial charge is 0.481 e. The van der Waals surface area contributed by atoms with Gasteiger partial charge in [0, 0.05) is 6.54 Å². The first-order chi connectivity index (χ1) is 9.44. The summed E-state index contributed by atoms with van der Waals surface area (Å²) in [6, 6.07) is 0. The molecule has 3 N–H and O–H groups in total. The zero-order valence-corrected chi connectivity index (χ0v) is 13.4. The van der Waals surface area contributed by atoms with E-state index in [-0.39, 0.29) is 24.4 Å². The van der Waals surface area contributed by atoms with E-state index in [4.69, 9.17) is 5.11 Å². The molecular weight excluding hydrogens is 298 g/mol. The first kappa shape index (κ1) is 17.6. The Labute approximate surface area is 123 Å². The summed E-state index contributed by atoms with van der Waals surface area (Å²) in [4.78, 5) is 10.6. The molecule has 1 rings (SSSR count). The lowest BCUT2D eigenvalue weighted by molar-refractivity contribution is -0.137. The Balaban J connectivity index is 3.04. The SMILES string of the molecule is Cc1nn(CCC(=O)O)c(C)c1S(=O)(=O)NCC(C)(C)O. The van der Waals surface area contributed by atoms with E-state index >= 15 is 0 Å². The topological polar surface area (TPSA) is 122 Å². The van der Waals surface area contributed by atoms with Crippen LogP contribution in [0.25, 0.3) is 0 Å². The van der Waals surface area contributed by atoms with E-state index in [0.717, 1.165) is 0 Å². The Morgan fingerprint density at radius 1 is 1.38 bits per heavy atom. The van der Waals surface area contributed by atoms with E-state index in [0.29, 0.717) is 11.4 Å². The third kappa shape index (κ3) is 4.80. The summed E-state index contributed by atoms with van der Waals surface area (Å²) >= 11 is 0. The van der Waals surface area contributed by atoms with E-state index in [2.05, 4.69) is 9.82 Å². The number of carboxylic acid groups (broad SMARTS) is 1. The molecule has 0 saturated heterocycles. The molecule has 0 saturated carbocycles. The van der Waals surface area contributed by atoms with Crippen LogP contribution in [0.15, 0.2) is 4.90 Å². The predicted octanol–water partition coefficient (Wildman–Crippen LogP) is 0.0238. The molecule has 0 aliphatic rings. The average Bonchev–Trinajstić information content (AvgIpc) is 2.59. The van der Waals surface area contributed by atoms with E-state index in [1.807, 2.05) is 0 Å². The highest BCUT2D eigenvalue weighted by molar-refractivity contribution is 7.89. The van der Waals surface area contributed by atoms with E-state index < -0.39 is 21.6 Å². The number of nitrogens with zero attached hydrogens (tertiary/aromatic N) is 2. The Morgan fingerprint density at radius 3 is 2.43 bits per heavy atom. The van der Waals surface area contributed by atoms with Crippen LogP contribution in [0.4, 0.5) is 0 Å². The van der Waals surface area contributed by atoms with E-state index in [1.54, 1.807) is 13.8 Å². The van der Waals surface area contributed by atoms with Crippen molar-refractivity contribution >= 4 is 16.0 Å². The molecule has 1 heterocycles. The van der Waals surface area contributed by atoms with Crippen LogP contribution in [0.3, 0.4) is 0 Å². The lowest BCUT2D eigenvalue weighted by atomic mass is 10.1. The lowest BCUT2D eigenvalue weighted by Gasteiger charge is -2.17. The molecule has 120 valence electrons. The summed E-state index contributed by atoms with van der Waals surface area (Å²) in [5.41, 5.74) is -0.508. The van der Waals surface area contributed by atoms with Crippen molar-refractivity contribution in [3.8, 4) is 0 Å². The molecule has 0 fully saturated rings. The van der Waals surface area contributed by atoms with Gasteiger partial charge in [-0.1, -0.05) is 0 Å². The van der Waals surface area contributed by atoms with Crippen LogP contribution < -0.4 is 4.72 Å². The van der Waals surface area contributed by atoms with Gasteiger partial charge in [-0.2, -0.15) is 5.10 Å². The normalized spacial score (nSPS) is 12.6. The summed E-state index contributed by atoms with van der Waals surface area (Å²) in [5.74, 6) is -0.980. The Morgan fingerprint density at radius 2 is 1.95 bits per heavy atom. The highest BCUT2D eigenvalue weighted by Gasteiger charge is 2.26. The molecule has 0 amide bonds. The van der Waals surface area contributed by atoms with Gasteiger partial charge < -0.3 is 10.2 Å². The molecule has 9 heteroatoms. The number of carboxylic acids is 1. The number of carbonyl (C=O) groups is 1. The molecule has 8 nitrogen and oxygen atoms in total. The first-order valence-corrected chi connectivity index (χ1v) is 7.90. The maximum absolute atomic E-state index is 12.3. The minimum absolute atomic E-state index is 0.0251. The Hall–Kier alpha value is -1.45. The van der Waals surface area contributed by atoms with Crippen molar-refractivity contribution in [2.75, 3.05) is 6.54 Å². The van der Waals surface area contributed by atoms with Crippen molar-refractivity contribution in [3.05, 3.63) is 11.4 Å². The van der Waals surface area contributed by atoms with Gasteiger partial charge in [-0.3, -0.25) is 9.48 Å². The molecule has 1 aromatic rings. The molecule has 0 aliphatic heterocycles. The Bertz CT molecular complexity index is 628. The van der Waals surface area contributed by atoms with Gasteiger partial charge in [-0.15, -0.1) is 0 Å². The molecule has 0 spiro atoms. The van der Waals surface area contributed by atoms with Crippen LogP contribution in [0.1, 0.15) is 31.7 Å². The van der Waals surface area contributed by atoms with Gasteiger partial charge in [-0.05, 0) is 27.7 Å². The van der Waals surface area contributed by atoms with Gasteiger partial charge in [-0.25, -0.2) is 13.1 Å². The lowest BCUT2D eigenvalue weighted by Crippen LogP contribution is -2.38. The fraction of sp³-hybridized carbons (Fsp3) is 0.667. The van der Waals surface area contributed by atoms with Gasteiger partial charge in [0.2, 0.25) is 10.0 Å². The number of sulfonamides is 1. The number of hydrogen-bond donors (Lipinski definition) is 3. The van der Waals surface area contributed by atoms with Gasteiger partial charge in [0.25, 0.3) is 0 Å². The molecule has 21 heavy (non-hydrogen) atoms. The van der Waals surface area contributed by atoms with Gasteiger partial charge in [0.15, 0.2) is 0 Å². The summed E-state index contributed by atoms with van der Waals surface area (Å²) in [5, 5.41) is 22.3. The number of aryl methyl sites for hydroxylation is 2. The number of rotatable bonds is 7. The smallest absolute Gasteiger partial charge is 0.305 e. The third-order valence-corrected chi connectivity index (χ3v) is 4.47. The number of aromatic nitrogens is 2. The summed E-state index contributed by atoms with van der Waals surface area (Å²) in [6.45, 7) is 6.07. The number of hydrogen-bond acceptors (Lipinski definition) is 5. The molecule has 0 radical (unpaired) electrons. The van der Waals surface area contributed by atoms with Gasteiger partial charge in [0.05, 0.1) is 30.0 Å². The fourth-order valence-electron chi connectivity index (χ4n) is 1.83.